The monoisotopic (exact) mass is 398 g/mol. The van der Waals surface area contributed by atoms with Crippen LogP contribution in [0.3, 0.4) is 0 Å². The van der Waals surface area contributed by atoms with Gasteiger partial charge >= 0.3 is 6.09 Å². The van der Waals surface area contributed by atoms with Crippen LogP contribution >= 0.6 is 11.8 Å². The maximum atomic E-state index is 14.5. The van der Waals surface area contributed by atoms with Crippen molar-refractivity contribution in [3.05, 3.63) is 29.3 Å². The number of nitrogens with two attached hydrogens (primary N) is 2. The Bertz CT molecular complexity index is 826. The molecule has 3 atom stereocenters. The predicted molar refractivity (Wildman–Crippen MR) is 102 cm³/mol. The lowest BCUT2D eigenvalue weighted by molar-refractivity contribution is 0.0525. The second-order valence-electron chi connectivity index (χ2n) is 8.24. The van der Waals surface area contributed by atoms with Crippen molar-refractivity contribution in [3.8, 4) is 0 Å². The van der Waals surface area contributed by atoms with E-state index in [1.54, 1.807) is 27.7 Å². The fourth-order valence-corrected chi connectivity index (χ4v) is 5.06. The number of benzene rings is 1. The molecule has 2 aliphatic rings. The molecule has 5 N–H and O–H groups in total. The fourth-order valence-electron chi connectivity index (χ4n) is 3.64. The first kappa shape index (κ1) is 19.7. The van der Waals surface area contributed by atoms with Crippen LogP contribution in [0.25, 0.3) is 0 Å². The van der Waals surface area contributed by atoms with Crippen LogP contribution in [0.4, 0.5) is 19.3 Å². The highest BCUT2D eigenvalue weighted by Crippen LogP contribution is 2.65. The van der Waals surface area contributed by atoms with Gasteiger partial charge in [-0.15, -0.1) is 0 Å². The number of carbonyl (C=O) groups excluding carboxylic acids is 1. The van der Waals surface area contributed by atoms with E-state index in [0.717, 1.165) is 6.07 Å². The number of aliphatic imine (C=N–C) groups is 1. The van der Waals surface area contributed by atoms with E-state index in [4.69, 9.17) is 16.2 Å². The highest BCUT2D eigenvalue weighted by molar-refractivity contribution is 8.15. The van der Waals surface area contributed by atoms with Crippen molar-refractivity contribution in [2.24, 2.45) is 16.6 Å². The number of thioether (sulfide) groups is 1. The molecule has 1 aliphatic heterocycles. The molecular weight excluding hydrogens is 374 g/mol. The fraction of sp³-hybridized carbons (Fsp3) is 0.556. The van der Waals surface area contributed by atoms with Crippen LogP contribution in [0.5, 0.6) is 0 Å². The molecule has 1 aliphatic carbocycles. The van der Waals surface area contributed by atoms with Gasteiger partial charge in [0.1, 0.15) is 5.60 Å². The number of alkyl carbamates (subject to hydrolysis) is 1. The summed E-state index contributed by atoms with van der Waals surface area (Å²) < 4.78 is 33.2. The summed E-state index contributed by atoms with van der Waals surface area (Å²) in [4.78, 5) is 16.4. The van der Waals surface area contributed by atoms with Gasteiger partial charge in [0.05, 0.1) is 5.54 Å². The summed E-state index contributed by atoms with van der Waals surface area (Å²) in [5, 5.41) is 3.02. The number of amidine groups is 1. The molecule has 0 unspecified atom stereocenters. The molecule has 1 saturated carbocycles. The minimum atomic E-state index is -1.06. The lowest BCUT2D eigenvalue weighted by Gasteiger charge is -2.34. The predicted octanol–water partition coefficient (Wildman–Crippen LogP) is 3.11. The summed E-state index contributed by atoms with van der Waals surface area (Å²) >= 11 is 1.34. The smallest absolute Gasteiger partial charge is 0.407 e. The summed E-state index contributed by atoms with van der Waals surface area (Å²) in [6.07, 6.45) is 0.108. The molecule has 1 fully saturated rings. The topological polar surface area (TPSA) is 103 Å². The average molecular weight is 398 g/mol. The molecular formula is C18H24F2N4O2S. The second-order valence-corrected chi connectivity index (χ2v) is 9.68. The van der Waals surface area contributed by atoms with E-state index in [1.807, 2.05) is 0 Å². The molecule has 0 spiro atoms. The SMILES string of the molecule is CC(C)(C)OC(=O)NC[C@]12C[C@H]1[C@@](C)(c1cc(N)cc(F)c1F)N=C(N)S2. The first-order valence-electron chi connectivity index (χ1n) is 8.62. The number of anilines is 1. The lowest BCUT2D eigenvalue weighted by atomic mass is 9.85. The van der Waals surface area contributed by atoms with E-state index >= 15 is 0 Å². The summed E-state index contributed by atoms with van der Waals surface area (Å²) in [5.74, 6) is -2.12. The Labute approximate surface area is 161 Å². The van der Waals surface area contributed by atoms with Gasteiger partial charge in [-0.1, -0.05) is 11.8 Å². The van der Waals surface area contributed by atoms with E-state index in [9.17, 15) is 13.6 Å². The largest absolute Gasteiger partial charge is 0.444 e. The van der Waals surface area contributed by atoms with Gasteiger partial charge in [-0.2, -0.15) is 0 Å². The zero-order valence-electron chi connectivity index (χ0n) is 15.7. The number of hydrogen-bond acceptors (Lipinski definition) is 6. The molecule has 1 aromatic carbocycles. The molecule has 0 bridgehead atoms. The molecule has 27 heavy (non-hydrogen) atoms. The quantitative estimate of drug-likeness (QED) is 0.679. The molecule has 148 valence electrons. The summed E-state index contributed by atoms with van der Waals surface area (Å²) in [6, 6.07) is 2.34. The van der Waals surface area contributed by atoms with Crippen molar-refractivity contribution in [3.63, 3.8) is 0 Å². The number of carbonyl (C=O) groups is 1. The van der Waals surface area contributed by atoms with Gasteiger partial charge in [0, 0.05) is 28.5 Å². The Balaban J connectivity index is 1.85. The van der Waals surface area contributed by atoms with Crippen LogP contribution in [0.15, 0.2) is 17.1 Å². The van der Waals surface area contributed by atoms with Gasteiger partial charge in [0.15, 0.2) is 16.8 Å². The number of hydrogen-bond donors (Lipinski definition) is 3. The van der Waals surface area contributed by atoms with Crippen LogP contribution in [0.2, 0.25) is 0 Å². The number of ether oxygens (including phenoxy) is 1. The lowest BCUT2D eigenvalue weighted by Crippen LogP contribution is -2.43. The Kier molecular flexibility index (Phi) is 4.57. The Morgan fingerprint density at radius 1 is 1.41 bits per heavy atom. The van der Waals surface area contributed by atoms with Crippen LogP contribution in [0.1, 0.15) is 39.7 Å². The molecule has 9 heteroatoms. The van der Waals surface area contributed by atoms with Gasteiger partial charge in [0.25, 0.3) is 0 Å². The molecule has 0 saturated heterocycles. The van der Waals surface area contributed by atoms with Gasteiger partial charge < -0.3 is 21.5 Å². The zero-order valence-corrected chi connectivity index (χ0v) is 16.5. The third-order valence-corrected chi connectivity index (χ3v) is 6.18. The molecule has 0 radical (unpaired) electrons. The number of halogens is 2. The second kappa shape index (κ2) is 6.25. The van der Waals surface area contributed by atoms with Crippen LogP contribution in [-0.2, 0) is 10.3 Å². The minimum absolute atomic E-state index is 0.0763. The number of nitrogen functional groups attached to an aromatic ring is 1. The van der Waals surface area contributed by atoms with Crippen molar-refractivity contribution in [1.29, 1.82) is 0 Å². The third kappa shape index (κ3) is 3.69. The van der Waals surface area contributed by atoms with E-state index < -0.39 is 33.6 Å². The maximum Gasteiger partial charge on any atom is 0.407 e. The summed E-state index contributed by atoms with van der Waals surface area (Å²) in [5.41, 5.74) is 10.2. The van der Waals surface area contributed by atoms with Crippen molar-refractivity contribution in [2.75, 3.05) is 12.3 Å². The number of rotatable bonds is 3. The number of nitrogens with zero attached hydrogens (tertiary/aromatic N) is 1. The summed E-state index contributed by atoms with van der Waals surface area (Å²) in [6.45, 7) is 7.34. The van der Waals surface area contributed by atoms with Gasteiger partial charge in [-0.3, -0.25) is 4.99 Å². The van der Waals surface area contributed by atoms with Gasteiger partial charge in [-0.25, -0.2) is 13.6 Å². The minimum Gasteiger partial charge on any atom is -0.444 e. The summed E-state index contributed by atoms with van der Waals surface area (Å²) in [7, 11) is 0. The first-order valence-corrected chi connectivity index (χ1v) is 9.44. The van der Waals surface area contributed by atoms with Crippen LogP contribution in [0, 0.1) is 17.6 Å². The molecule has 1 amide bonds. The van der Waals surface area contributed by atoms with Crippen molar-refractivity contribution in [1.82, 2.24) is 5.32 Å². The Hall–Kier alpha value is -2.03. The van der Waals surface area contributed by atoms with Gasteiger partial charge in [0.2, 0.25) is 0 Å². The highest BCUT2D eigenvalue weighted by Gasteiger charge is 2.66. The van der Waals surface area contributed by atoms with Crippen molar-refractivity contribution < 1.29 is 18.3 Å². The van der Waals surface area contributed by atoms with E-state index in [1.165, 1.54) is 17.8 Å². The first-order chi connectivity index (χ1) is 12.4. The van der Waals surface area contributed by atoms with E-state index in [2.05, 4.69) is 10.3 Å². The Morgan fingerprint density at radius 2 is 2.07 bits per heavy atom. The van der Waals surface area contributed by atoms with Crippen LogP contribution < -0.4 is 16.8 Å². The van der Waals surface area contributed by atoms with Crippen molar-refractivity contribution >= 4 is 28.7 Å². The maximum absolute atomic E-state index is 14.5. The van der Waals surface area contributed by atoms with E-state index in [-0.39, 0.29) is 28.9 Å². The number of fused-ring (bicyclic) bond motifs is 1. The van der Waals surface area contributed by atoms with Gasteiger partial charge in [-0.05, 0) is 46.2 Å². The average Bonchev–Trinajstić information content (AvgIpc) is 3.23. The standard InChI is InChI=1S/C18H24F2N4O2S/c1-16(2,3)26-15(25)23-8-18-7-12(18)17(4,24-14(22)27-18)10-5-9(21)6-11(19)13(10)20/h5-6,12H,7-8,21H2,1-4H3,(H2,22,24)(H,23,25)/t12-,17+,18+/m0/s1. The zero-order chi connectivity index (χ0) is 20.2. The van der Waals surface area contributed by atoms with E-state index in [0.29, 0.717) is 6.42 Å². The van der Waals surface area contributed by atoms with Crippen LogP contribution in [-0.4, -0.2) is 28.2 Å². The number of nitrogens with one attached hydrogen (secondary N) is 1. The molecule has 1 aromatic rings. The normalized spacial score (nSPS) is 29.6. The third-order valence-electron chi connectivity index (χ3n) is 4.88. The molecule has 0 aromatic heterocycles. The highest BCUT2D eigenvalue weighted by atomic mass is 32.2. The Morgan fingerprint density at radius 3 is 2.70 bits per heavy atom. The molecule has 1 heterocycles. The molecule has 3 rings (SSSR count). The molecule has 6 nitrogen and oxygen atoms in total. The van der Waals surface area contributed by atoms with Crippen molar-refractivity contribution in [2.45, 2.75) is 50.0 Å². The number of amides is 1.